The molecular weight excluding hydrogens is 136 g/mol. The van der Waals surface area contributed by atoms with Crippen molar-refractivity contribution in [2.75, 3.05) is 6.54 Å². The lowest BCUT2D eigenvalue weighted by atomic mass is 10.2. The molecule has 0 aliphatic carbocycles. The standard InChI is InChI=1S/C9H16N2/c1-3-5-7-9(6-4-2)8-11-10/h4-7,11H,2-3,8,10H2,1H3/b7-5-,9-6+. The number of hydrogen-bond donors (Lipinski definition) is 2. The summed E-state index contributed by atoms with van der Waals surface area (Å²) in [6, 6.07) is 0. The molecule has 0 bridgehead atoms. The molecule has 0 atom stereocenters. The van der Waals surface area contributed by atoms with Gasteiger partial charge in [-0.05, 0) is 12.0 Å². The minimum Gasteiger partial charge on any atom is -0.271 e. The highest BCUT2D eigenvalue weighted by atomic mass is 15.2. The lowest BCUT2D eigenvalue weighted by Crippen LogP contribution is -2.23. The van der Waals surface area contributed by atoms with E-state index in [1.54, 1.807) is 6.08 Å². The Balaban J connectivity index is 3.98. The summed E-state index contributed by atoms with van der Waals surface area (Å²) in [5.41, 5.74) is 3.74. The van der Waals surface area contributed by atoms with Gasteiger partial charge in [-0.25, -0.2) is 0 Å². The molecule has 2 nitrogen and oxygen atoms in total. The molecule has 0 heterocycles. The van der Waals surface area contributed by atoms with E-state index in [0.717, 1.165) is 12.0 Å². The number of rotatable bonds is 5. The predicted molar refractivity (Wildman–Crippen MR) is 49.9 cm³/mol. The molecule has 0 fully saturated rings. The number of hydrazine groups is 1. The average Bonchev–Trinajstić information content (AvgIpc) is 2.01. The van der Waals surface area contributed by atoms with Gasteiger partial charge >= 0.3 is 0 Å². The van der Waals surface area contributed by atoms with Crippen LogP contribution in [0.1, 0.15) is 13.3 Å². The van der Waals surface area contributed by atoms with E-state index in [-0.39, 0.29) is 0 Å². The van der Waals surface area contributed by atoms with Crippen molar-refractivity contribution in [3.8, 4) is 0 Å². The van der Waals surface area contributed by atoms with E-state index < -0.39 is 0 Å². The minimum atomic E-state index is 0.683. The van der Waals surface area contributed by atoms with Gasteiger partial charge in [0.05, 0.1) is 0 Å². The predicted octanol–water partition coefficient (Wildman–Crippen LogP) is 1.53. The average molecular weight is 152 g/mol. The van der Waals surface area contributed by atoms with Gasteiger partial charge in [-0.3, -0.25) is 11.3 Å². The van der Waals surface area contributed by atoms with Crippen LogP contribution in [0.5, 0.6) is 0 Å². The van der Waals surface area contributed by atoms with Gasteiger partial charge in [-0.2, -0.15) is 0 Å². The maximum absolute atomic E-state index is 5.17. The van der Waals surface area contributed by atoms with Crippen molar-refractivity contribution < 1.29 is 0 Å². The summed E-state index contributed by atoms with van der Waals surface area (Å²) in [4.78, 5) is 0. The second-order valence-corrected chi connectivity index (χ2v) is 2.17. The fourth-order valence-corrected chi connectivity index (χ4v) is 0.712. The number of nitrogens with two attached hydrogens (primary N) is 1. The lowest BCUT2D eigenvalue weighted by Gasteiger charge is -1.97. The Morgan fingerprint density at radius 1 is 1.64 bits per heavy atom. The smallest absolute Gasteiger partial charge is 0.0348 e. The molecule has 0 aromatic rings. The molecule has 0 unspecified atom stereocenters. The van der Waals surface area contributed by atoms with Crippen LogP contribution in [-0.4, -0.2) is 6.54 Å². The Morgan fingerprint density at radius 3 is 2.82 bits per heavy atom. The topological polar surface area (TPSA) is 38.0 Å². The first-order chi connectivity index (χ1) is 5.35. The van der Waals surface area contributed by atoms with Crippen molar-refractivity contribution in [1.82, 2.24) is 5.43 Å². The van der Waals surface area contributed by atoms with Gasteiger partial charge in [0, 0.05) is 6.54 Å². The van der Waals surface area contributed by atoms with Gasteiger partial charge < -0.3 is 0 Å². The quantitative estimate of drug-likeness (QED) is 0.356. The van der Waals surface area contributed by atoms with E-state index in [1.165, 1.54) is 0 Å². The Hall–Kier alpha value is -0.860. The molecule has 0 radical (unpaired) electrons. The summed E-state index contributed by atoms with van der Waals surface area (Å²) in [6.45, 7) is 6.39. The first-order valence-electron chi connectivity index (χ1n) is 3.76. The summed E-state index contributed by atoms with van der Waals surface area (Å²) in [7, 11) is 0. The van der Waals surface area contributed by atoms with Crippen molar-refractivity contribution in [1.29, 1.82) is 0 Å². The Morgan fingerprint density at radius 2 is 2.36 bits per heavy atom. The highest BCUT2D eigenvalue weighted by Gasteiger charge is 1.85. The van der Waals surface area contributed by atoms with E-state index in [2.05, 4.69) is 25.0 Å². The number of hydrogen-bond acceptors (Lipinski definition) is 2. The summed E-state index contributed by atoms with van der Waals surface area (Å²) in [5, 5.41) is 0. The summed E-state index contributed by atoms with van der Waals surface area (Å²) >= 11 is 0. The Bertz CT molecular complexity index is 157. The number of nitrogens with one attached hydrogen (secondary N) is 1. The first kappa shape index (κ1) is 10.1. The van der Waals surface area contributed by atoms with Crippen LogP contribution in [0.15, 0.2) is 36.5 Å². The van der Waals surface area contributed by atoms with Crippen molar-refractivity contribution in [3.05, 3.63) is 36.5 Å². The molecule has 0 aliphatic rings. The Labute approximate surface area is 68.4 Å². The normalized spacial score (nSPS) is 12.4. The lowest BCUT2D eigenvalue weighted by molar-refractivity contribution is 0.806. The van der Waals surface area contributed by atoms with Crippen LogP contribution in [0.4, 0.5) is 0 Å². The second kappa shape index (κ2) is 7.25. The molecule has 0 aliphatic heterocycles. The molecule has 3 N–H and O–H groups in total. The third-order valence-electron chi connectivity index (χ3n) is 1.21. The van der Waals surface area contributed by atoms with E-state index in [0.29, 0.717) is 6.54 Å². The van der Waals surface area contributed by atoms with Gasteiger partial charge in [-0.1, -0.05) is 37.8 Å². The third-order valence-corrected chi connectivity index (χ3v) is 1.21. The van der Waals surface area contributed by atoms with Gasteiger partial charge in [0.15, 0.2) is 0 Å². The van der Waals surface area contributed by atoms with Crippen LogP contribution in [-0.2, 0) is 0 Å². The van der Waals surface area contributed by atoms with Crippen LogP contribution >= 0.6 is 0 Å². The van der Waals surface area contributed by atoms with Crippen molar-refractivity contribution in [3.63, 3.8) is 0 Å². The zero-order valence-electron chi connectivity index (χ0n) is 7.01. The van der Waals surface area contributed by atoms with Crippen LogP contribution in [0.2, 0.25) is 0 Å². The van der Waals surface area contributed by atoms with Crippen LogP contribution < -0.4 is 11.3 Å². The fraction of sp³-hybridized carbons (Fsp3) is 0.333. The zero-order valence-corrected chi connectivity index (χ0v) is 7.01. The van der Waals surface area contributed by atoms with Crippen molar-refractivity contribution >= 4 is 0 Å². The van der Waals surface area contributed by atoms with E-state index in [1.807, 2.05) is 12.2 Å². The van der Waals surface area contributed by atoms with E-state index in [9.17, 15) is 0 Å². The highest BCUT2D eigenvalue weighted by Crippen LogP contribution is 1.96. The maximum Gasteiger partial charge on any atom is 0.0348 e. The fourth-order valence-electron chi connectivity index (χ4n) is 0.712. The van der Waals surface area contributed by atoms with Gasteiger partial charge in [0.2, 0.25) is 0 Å². The van der Waals surface area contributed by atoms with Gasteiger partial charge in [-0.15, -0.1) is 0 Å². The molecule has 0 rings (SSSR count). The molecule has 2 heteroatoms. The largest absolute Gasteiger partial charge is 0.271 e. The molecule has 0 saturated heterocycles. The summed E-state index contributed by atoms with van der Waals surface area (Å²) in [5.74, 6) is 5.17. The highest BCUT2D eigenvalue weighted by molar-refractivity contribution is 5.23. The third kappa shape index (κ3) is 5.58. The summed E-state index contributed by atoms with van der Waals surface area (Å²) < 4.78 is 0. The maximum atomic E-state index is 5.17. The zero-order chi connectivity index (χ0) is 8.53. The molecule has 0 amide bonds. The molecule has 0 aromatic heterocycles. The first-order valence-corrected chi connectivity index (χ1v) is 3.76. The monoisotopic (exact) mass is 152 g/mol. The van der Waals surface area contributed by atoms with E-state index >= 15 is 0 Å². The van der Waals surface area contributed by atoms with Crippen LogP contribution in [0, 0.1) is 0 Å². The molecule has 62 valence electrons. The molecule has 0 spiro atoms. The Kier molecular flexibility index (Phi) is 6.68. The van der Waals surface area contributed by atoms with Crippen LogP contribution in [0.3, 0.4) is 0 Å². The molecular formula is C9H16N2. The van der Waals surface area contributed by atoms with E-state index in [4.69, 9.17) is 5.84 Å². The van der Waals surface area contributed by atoms with Gasteiger partial charge in [0.1, 0.15) is 0 Å². The van der Waals surface area contributed by atoms with Crippen molar-refractivity contribution in [2.24, 2.45) is 5.84 Å². The second-order valence-electron chi connectivity index (χ2n) is 2.17. The minimum absolute atomic E-state index is 0.683. The number of allylic oxidation sites excluding steroid dienone is 3. The molecule has 0 saturated carbocycles. The molecule has 11 heavy (non-hydrogen) atoms. The SMILES string of the molecule is C=C/C=C(\C=C/CC)CNN. The molecule has 0 aromatic carbocycles. The summed E-state index contributed by atoms with van der Waals surface area (Å²) in [6.07, 6.45) is 8.87. The van der Waals surface area contributed by atoms with Gasteiger partial charge in [0.25, 0.3) is 0 Å². The van der Waals surface area contributed by atoms with Crippen molar-refractivity contribution in [2.45, 2.75) is 13.3 Å². The van der Waals surface area contributed by atoms with Crippen LogP contribution in [0.25, 0.3) is 0 Å².